The molecule has 0 spiro atoms. The van der Waals surface area contributed by atoms with Gasteiger partial charge in [-0.15, -0.1) is 0 Å². The molecule has 0 saturated carbocycles. The Labute approximate surface area is 131 Å². The third-order valence-electron chi connectivity index (χ3n) is 4.29. The van der Waals surface area contributed by atoms with Crippen LogP contribution in [0, 0.1) is 0 Å². The molecule has 0 aliphatic heterocycles. The molecule has 0 fully saturated rings. The molecule has 2 N–H and O–H groups in total. The van der Waals surface area contributed by atoms with E-state index in [0.717, 1.165) is 6.54 Å². The predicted molar refractivity (Wildman–Crippen MR) is 93.7 cm³/mol. The molecule has 0 radical (unpaired) electrons. The second-order valence-electron chi connectivity index (χ2n) is 6.61. The summed E-state index contributed by atoms with van der Waals surface area (Å²) in [5.41, 5.74) is 8.86. The first kappa shape index (κ1) is 18.2. The van der Waals surface area contributed by atoms with E-state index in [1.807, 2.05) is 0 Å². The highest BCUT2D eigenvalue weighted by Crippen LogP contribution is 2.25. The molecule has 2 heteroatoms. The fourth-order valence-corrected chi connectivity index (χ4v) is 2.88. The zero-order chi connectivity index (χ0) is 15.8. The van der Waals surface area contributed by atoms with Crippen LogP contribution in [0.25, 0.3) is 0 Å². The predicted octanol–water partition coefficient (Wildman–Crippen LogP) is 4.71. The monoisotopic (exact) mass is 290 g/mol. The first-order valence-corrected chi connectivity index (χ1v) is 8.56. The Balaban J connectivity index is 2.86. The molecule has 1 atom stereocenters. The maximum Gasteiger partial charge on any atom is 0.0473 e. The molecular formula is C19H34N2. The van der Waals surface area contributed by atoms with Crippen molar-refractivity contribution < 1.29 is 0 Å². The number of hydrogen-bond donors (Lipinski definition) is 1. The van der Waals surface area contributed by atoms with Crippen LogP contribution in [0.3, 0.4) is 0 Å². The quantitative estimate of drug-likeness (QED) is 0.667. The highest BCUT2D eigenvalue weighted by Gasteiger charge is 2.21. The molecule has 1 rings (SSSR count). The number of unbranched alkanes of at least 4 members (excludes halogenated alkanes) is 2. The number of nitrogens with two attached hydrogens (primary N) is 1. The lowest BCUT2D eigenvalue weighted by Gasteiger charge is -2.35. The summed E-state index contributed by atoms with van der Waals surface area (Å²) >= 11 is 0. The molecule has 1 aromatic carbocycles. The van der Waals surface area contributed by atoms with Crippen LogP contribution < -0.4 is 5.73 Å². The summed E-state index contributed by atoms with van der Waals surface area (Å²) in [4.78, 5) is 2.56. The number of nitrogens with zero attached hydrogens (tertiary/aromatic N) is 1. The van der Waals surface area contributed by atoms with E-state index < -0.39 is 0 Å². The van der Waals surface area contributed by atoms with Gasteiger partial charge in [-0.3, -0.25) is 4.90 Å². The van der Waals surface area contributed by atoms with Crippen molar-refractivity contribution in [3.63, 3.8) is 0 Å². The van der Waals surface area contributed by atoms with Gasteiger partial charge in [0.15, 0.2) is 0 Å². The molecule has 1 aromatic rings. The van der Waals surface area contributed by atoms with Gasteiger partial charge in [-0.25, -0.2) is 0 Å². The van der Waals surface area contributed by atoms with Crippen LogP contribution >= 0.6 is 0 Å². The van der Waals surface area contributed by atoms with E-state index in [-0.39, 0.29) is 0 Å². The van der Waals surface area contributed by atoms with Crippen LogP contribution in [0.5, 0.6) is 0 Å². The molecule has 0 saturated heterocycles. The molecule has 0 bridgehead atoms. The van der Waals surface area contributed by atoms with Gasteiger partial charge in [0.05, 0.1) is 0 Å². The van der Waals surface area contributed by atoms with Gasteiger partial charge < -0.3 is 5.73 Å². The Hall–Kier alpha value is -0.860. The molecule has 0 heterocycles. The minimum atomic E-state index is 0.336. The molecule has 0 aliphatic rings. The Morgan fingerprint density at radius 2 is 1.52 bits per heavy atom. The van der Waals surface area contributed by atoms with E-state index >= 15 is 0 Å². The van der Waals surface area contributed by atoms with E-state index in [0.29, 0.717) is 24.5 Å². The second kappa shape index (κ2) is 9.22. The molecule has 21 heavy (non-hydrogen) atoms. The Morgan fingerprint density at radius 3 is 1.95 bits per heavy atom. The van der Waals surface area contributed by atoms with Gasteiger partial charge in [0.1, 0.15) is 0 Å². The number of rotatable bonds is 9. The molecule has 120 valence electrons. The third-order valence-corrected chi connectivity index (χ3v) is 4.29. The van der Waals surface area contributed by atoms with E-state index in [1.54, 1.807) is 0 Å². The number of hydrogen-bond acceptors (Lipinski definition) is 2. The zero-order valence-corrected chi connectivity index (χ0v) is 14.6. The van der Waals surface area contributed by atoms with Crippen LogP contribution in [-0.4, -0.2) is 24.0 Å². The Morgan fingerprint density at radius 1 is 0.952 bits per heavy atom. The molecule has 0 aromatic heterocycles. The van der Waals surface area contributed by atoms with Gasteiger partial charge in [0.25, 0.3) is 0 Å². The lowest BCUT2D eigenvalue weighted by molar-refractivity contribution is 0.154. The standard InChI is InChI=1S/C19H34N2/c1-6-7-8-13-21(16(4)5)19(14-20)18-11-9-17(10-12-18)15(2)3/h9-12,15-16,19H,6-8,13-14,20H2,1-5H3. The SMILES string of the molecule is CCCCCN(C(C)C)C(CN)c1ccc(C(C)C)cc1. The fourth-order valence-electron chi connectivity index (χ4n) is 2.88. The second-order valence-corrected chi connectivity index (χ2v) is 6.61. The fraction of sp³-hybridized carbons (Fsp3) is 0.684. The van der Waals surface area contributed by atoms with Crippen LogP contribution in [0.2, 0.25) is 0 Å². The van der Waals surface area contributed by atoms with E-state index in [4.69, 9.17) is 5.73 Å². The smallest absolute Gasteiger partial charge is 0.0473 e. The van der Waals surface area contributed by atoms with Crippen molar-refractivity contribution >= 4 is 0 Å². The van der Waals surface area contributed by atoms with Gasteiger partial charge in [-0.05, 0) is 43.9 Å². The normalized spacial score (nSPS) is 13.4. The first-order chi connectivity index (χ1) is 10.0. The molecular weight excluding hydrogens is 256 g/mol. The third kappa shape index (κ3) is 5.44. The van der Waals surface area contributed by atoms with Crippen molar-refractivity contribution in [2.24, 2.45) is 5.73 Å². The van der Waals surface area contributed by atoms with Crippen molar-refractivity contribution in [2.45, 2.75) is 71.9 Å². The maximum atomic E-state index is 6.10. The average molecular weight is 290 g/mol. The Kier molecular flexibility index (Phi) is 7.98. The van der Waals surface area contributed by atoms with Gasteiger partial charge in [-0.2, -0.15) is 0 Å². The molecule has 2 nitrogen and oxygen atoms in total. The lowest BCUT2D eigenvalue weighted by Crippen LogP contribution is -2.39. The van der Waals surface area contributed by atoms with Gasteiger partial charge >= 0.3 is 0 Å². The van der Waals surface area contributed by atoms with E-state index in [9.17, 15) is 0 Å². The average Bonchev–Trinajstić information content (AvgIpc) is 2.46. The summed E-state index contributed by atoms with van der Waals surface area (Å²) in [6.45, 7) is 13.1. The van der Waals surface area contributed by atoms with Crippen LogP contribution in [0.4, 0.5) is 0 Å². The summed E-state index contributed by atoms with van der Waals surface area (Å²) in [5.74, 6) is 0.584. The van der Waals surface area contributed by atoms with E-state index in [1.165, 1.54) is 30.4 Å². The lowest BCUT2D eigenvalue weighted by atomic mass is 9.97. The van der Waals surface area contributed by atoms with Gasteiger partial charge in [0.2, 0.25) is 0 Å². The summed E-state index contributed by atoms with van der Waals surface area (Å²) in [6.07, 6.45) is 3.82. The van der Waals surface area contributed by atoms with E-state index in [2.05, 4.69) is 63.8 Å². The number of benzene rings is 1. The van der Waals surface area contributed by atoms with Crippen molar-refractivity contribution in [3.05, 3.63) is 35.4 Å². The maximum absolute atomic E-state index is 6.10. The molecule has 0 aliphatic carbocycles. The Bertz CT molecular complexity index is 381. The molecule has 0 amide bonds. The summed E-state index contributed by atoms with van der Waals surface area (Å²) in [6, 6.07) is 9.91. The van der Waals surface area contributed by atoms with Gasteiger partial charge in [0, 0.05) is 18.6 Å². The van der Waals surface area contributed by atoms with Crippen molar-refractivity contribution in [3.8, 4) is 0 Å². The topological polar surface area (TPSA) is 29.3 Å². The van der Waals surface area contributed by atoms with Crippen LogP contribution in [-0.2, 0) is 0 Å². The minimum absolute atomic E-state index is 0.336. The van der Waals surface area contributed by atoms with Crippen molar-refractivity contribution in [1.82, 2.24) is 4.90 Å². The van der Waals surface area contributed by atoms with Crippen LogP contribution in [0.1, 0.15) is 77.0 Å². The zero-order valence-electron chi connectivity index (χ0n) is 14.6. The van der Waals surface area contributed by atoms with Crippen LogP contribution in [0.15, 0.2) is 24.3 Å². The first-order valence-electron chi connectivity index (χ1n) is 8.56. The summed E-state index contributed by atoms with van der Waals surface area (Å²) in [5, 5.41) is 0. The summed E-state index contributed by atoms with van der Waals surface area (Å²) < 4.78 is 0. The molecule has 1 unspecified atom stereocenters. The van der Waals surface area contributed by atoms with Crippen molar-refractivity contribution in [1.29, 1.82) is 0 Å². The summed E-state index contributed by atoms with van der Waals surface area (Å²) in [7, 11) is 0. The minimum Gasteiger partial charge on any atom is -0.329 e. The van der Waals surface area contributed by atoms with Gasteiger partial charge in [-0.1, -0.05) is 57.9 Å². The van der Waals surface area contributed by atoms with Crippen molar-refractivity contribution in [2.75, 3.05) is 13.1 Å². The highest BCUT2D eigenvalue weighted by molar-refractivity contribution is 5.27. The largest absolute Gasteiger partial charge is 0.329 e. The highest BCUT2D eigenvalue weighted by atomic mass is 15.2.